The molecule has 5 heteroatoms. The Bertz CT molecular complexity index is 827. The van der Waals surface area contributed by atoms with Gasteiger partial charge in [-0.05, 0) is 48.4 Å². The van der Waals surface area contributed by atoms with Gasteiger partial charge >= 0.3 is 0 Å². The molecule has 23 heavy (non-hydrogen) atoms. The summed E-state index contributed by atoms with van der Waals surface area (Å²) in [7, 11) is 0. The van der Waals surface area contributed by atoms with Gasteiger partial charge in [0.15, 0.2) is 17.3 Å². The zero-order chi connectivity index (χ0) is 16.6. The monoisotopic (exact) mass is 376 g/mol. The number of Topliss-reactive ketones (excluding diaryl/α,β-unsaturated/α-hetero) is 1. The summed E-state index contributed by atoms with van der Waals surface area (Å²) in [5, 5.41) is 9.95. The quantitative estimate of drug-likeness (QED) is 0.788. The van der Waals surface area contributed by atoms with Crippen molar-refractivity contribution in [3.8, 4) is 11.5 Å². The van der Waals surface area contributed by atoms with E-state index in [1.54, 1.807) is 24.3 Å². The van der Waals surface area contributed by atoms with Crippen LogP contribution in [0.4, 0.5) is 4.39 Å². The van der Waals surface area contributed by atoms with Gasteiger partial charge in [-0.15, -0.1) is 0 Å². The van der Waals surface area contributed by atoms with Gasteiger partial charge in [-0.3, -0.25) is 4.79 Å². The summed E-state index contributed by atoms with van der Waals surface area (Å²) < 4.78 is 20.1. The lowest BCUT2D eigenvalue weighted by atomic mass is 9.98. The molecule has 0 atom stereocenters. The number of benzene rings is 2. The van der Waals surface area contributed by atoms with Crippen LogP contribution in [0.15, 0.2) is 46.6 Å². The first-order valence-electron chi connectivity index (χ1n) is 7.15. The van der Waals surface area contributed by atoms with E-state index in [0.717, 1.165) is 5.56 Å². The standard InChI is InChI=1S/C18H14BrFO3/c1-10-2-4-12(23-17-7-3-11(19)8-14(17)20)9-13(10)18-15(21)5-6-16(18)22/h2-4,7-9,21H,5-6H2,1H3. The normalized spacial score (nSPS) is 14.5. The molecular formula is C18H14BrFO3. The van der Waals surface area contributed by atoms with Gasteiger partial charge in [-0.1, -0.05) is 22.0 Å². The highest BCUT2D eigenvalue weighted by molar-refractivity contribution is 9.10. The zero-order valence-corrected chi connectivity index (χ0v) is 14.0. The highest BCUT2D eigenvalue weighted by Gasteiger charge is 2.25. The van der Waals surface area contributed by atoms with Gasteiger partial charge in [0.05, 0.1) is 5.57 Å². The Hall–Kier alpha value is -2.14. The summed E-state index contributed by atoms with van der Waals surface area (Å²) in [5.41, 5.74) is 1.81. The van der Waals surface area contributed by atoms with Crippen LogP contribution < -0.4 is 4.74 Å². The minimum Gasteiger partial charge on any atom is -0.512 e. The Kier molecular flexibility index (Phi) is 4.22. The summed E-state index contributed by atoms with van der Waals surface area (Å²) in [4.78, 5) is 12.0. The van der Waals surface area contributed by atoms with Gasteiger partial charge in [0.25, 0.3) is 0 Å². The molecule has 0 spiro atoms. The van der Waals surface area contributed by atoms with Crippen LogP contribution in [0.3, 0.4) is 0 Å². The van der Waals surface area contributed by atoms with Gasteiger partial charge in [0.1, 0.15) is 11.5 Å². The molecule has 0 aliphatic heterocycles. The molecule has 0 bridgehead atoms. The molecule has 0 saturated heterocycles. The first-order chi connectivity index (χ1) is 11.0. The highest BCUT2D eigenvalue weighted by atomic mass is 79.9. The molecular weight excluding hydrogens is 363 g/mol. The van der Waals surface area contributed by atoms with Crippen molar-refractivity contribution in [2.75, 3.05) is 0 Å². The number of aliphatic hydroxyl groups is 1. The fraction of sp³-hybridized carbons (Fsp3) is 0.167. The largest absolute Gasteiger partial charge is 0.512 e. The van der Waals surface area contributed by atoms with E-state index in [9.17, 15) is 14.3 Å². The molecule has 118 valence electrons. The minimum absolute atomic E-state index is 0.0856. The number of hydrogen-bond donors (Lipinski definition) is 1. The molecule has 0 unspecified atom stereocenters. The van der Waals surface area contributed by atoms with Crippen LogP contribution in [0.2, 0.25) is 0 Å². The maximum Gasteiger partial charge on any atom is 0.167 e. The van der Waals surface area contributed by atoms with Crippen molar-refractivity contribution in [3.63, 3.8) is 0 Å². The van der Waals surface area contributed by atoms with Crippen LogP contribution >= 0.6 is 15.9 Å². The van der Waals surface area contributed by atoms with Gasteiger partial charge in [0, 0.05) is 17.3 Å². The lowest BCUT2D eigenvalue weighted by Gasteiger charge is -2.11. The van der Waals surface area contributed by atoms with Crippen molar-refractivity contribution in [1.82, 2.24) is 0 Å². The number of hydrogen-bond acceptors (Lipinski definition) is 3. The summed E-state index contributed by atoms with van der Waals surface area (Å²) in [5.74, 6) is 0.0360. The van der Waals surface area contributed by atoms with Crippen LogP contribution in [0.5, 0.6) is 11.5 Å². The number of ether oxygens (including phenoxy) is 1. The number of carbonyl (C=O) groups excluding carboxylic acids is 1. The van der Waals surface area contributed by atoms with E-state index in [-0.39, 0.29) is 17.3 Å². The first-order valence-corrected chi connectivity index (χ1v) is 7.94. The third kappa shape index (κ3) is 3.15. The Balaban J connectivity index is 1.98. The number of aryl methyl sites for hydroxylation is 1. The Morgan fingerprint density at radius 3 is 2.61 bits per heavy atom. The molecule has 3 nitrogen and oxygen atoms in total. The van der Waals surface area contributed by atoms with Crippen molar-refractivity contribution >= 4 is 27.3 Å². The second kappa shape index (κ2) is 6.16. The van der Waals surface area contributed by atoms with E-state index in [4.69, 9.17) is 4.74 Å². The topological polar surface area (TPSA) is 46.5 Å². The van der Waals surface area contributed by atoms with Crippen molar-refractivity contribution in [3.05, 3.63) is 63.6 Å². The van der Waals surface area contributed by atoms with Gasteiger partial charge in [-0.25, -0.2) is 4.39 Å². The van der Waals surface area contributed by atoms with Gasteiger partial charge in [0.2, 0.25) is 0 Å². The van der Waals surface area contributed by atoms with Crippen molar-refractivity contribution in [2.45, 2.75) is 19.8 Å². The molecule has 0 heterocycles. The average Bonchev–Trinajstić information content (AvgIpc) is 2.83. The fourth-order valence-electron chi connectivity index (χ4n) is 2.57. The van der Waals surface area contributed by atoms with Crippen molar-refractivity contribution in [1.29, 1.82) is 0 Å². The van der Waals surface area contributed by atoms with Gasteiger partial charge in [-0.2, -0.15) is 0 Å². The zero-order valence-electron chi connectivity index (χ0n) is 12.4. The summed E-state index contributed by atoms with van der Waals surface area (Å²) in [6, 6.07) is 9.67. The molecule has 0 aromatic heterocycles. The second-order valence-electron chi connectivity index (χ2n) is 5.40. The lowest BCUT2D eigenvalue weighted by Crippen LogP contribution is -1.99. The number of halogens is 2. The molecule has 0 radical (unpaired) electrons. The maximum atomic E-state index is 13.9. The van der Waals surface area contributed by atoms with Crippen LogP contribution in [0.1, 0.15) is 24.0 Å². The molecule has 2 aromatic rings. The van der Waals surface area contributed by atoms with Gasteiger partial charge < -0.3 is 9.84 Å². The molecule has 0 amide bonds. The Labute approximate surface area is 141 Å². The van der Waals surface area contributed by atoms with Crippen molar-refractivity contribution < 1.29 is 19.0 Å². The molecule has 1 N–H and O–H groups in total. The van der Waals surface area contributed by atoms with Crippen LogP contribution in [0, 0.1) is 12.7 Å². The molecule has 1 aliphatic carbocycles. The van der Waals surface area contributed by atoms with E-state index in [1.165, 1.54) is 12.1 Å². The number of rotatable bonds is 3. The van der Waals surface area contributed by atoms with E-state index in [1.807, 2.05) is 6.92 Å². The minimum atomic E-state index is -0.486. The van der Waals surface area contributed by atoms with E-state index < -0.39 is 5.82 Å². The summed E-state index contributed by atoms with van der Waals surface area (Å²) in [6.45, 7) is 1.85. The Morgan fingerprint density at radius 2 is 1.96 bits per heavy atom. The SMILES string of the molecule is Cc1ccc(Oc2ccc(Br)cc2F)cc1C1=C(O)CCC1=O. The smallest absolute Gasteiger partial charge is 0.167 e. The van der Waals surface area contributed by atoms with Crippen LogP contribution in [-0.2, 0) is 4.79 Å². The highest BCUT2D eigenvalue weighted by Crippen LogP contribution is 2.35. The predicted octanol–water partition coefficient (Wildman–Crippen LogP) is 5.32. The van der Waals surface area contributed by atoms with E-state index in [2.05, 4.69) is 15.9 Å². The first kappa shape index (κ1) is 15.7. The van der Waals surface area contributed by atoms with Crippen molar-refractivity contribution in [2.24, 2.45) is 0 Å². The lowest BCUT2D eigenvalue weighted by molar-refractivity contribution is -0.113. The Morgan fingerprint density at radius 1 is 1.17 bits per heavy atom. The predicted molar refractivity (Wildman–Crippen MR) is 89.1 cm³/mol. The average molecular weight is 377 g/mol. The number of allylic oxidation sites excluding steroid dienone is 2. The number of aliphatic hydroxyl groups excluding tert-OH is 1. The third-order valence-electron chi connectivity index (χ3n) is 3.76. The number of carbonyl (C=O) groups is 1. The molecule has 3 rings (SSSR count). The van der Waals surface area contributed by atoms with Crippen LogP contribution in [0.25, 0.3) is 5.57 Å². The molecule has 0 fully saturated rings. The molecule has 1 aliphatic rings. The molecule has 2 aromatic carbocycles. The van der Waals surface area contributed by atoms with E-state index >= 15 is 0 Å². The van der Waals surface area contributed by atoms with Crippen LogP contribution in [-0.4, -0.2) is 10.9 Å². The maximum absolute atomic E-state index is 13.9. The third-order valence-corrected chi connectivity index (χ3v) is 4.25. The summed E-state index contributed by atoms with van der Waals surface area (Å²) >= 11 is 3.19. The van der Waals surface area contributed by atoms with E-state index in [0.29, 0.717) is 34.2 Å². The fourth-order valence-corrected chi connectivity index (χ4v) is 2.90. The second-order valence-corrected chi connectivity index (χ2v) is 6.31. The summed E-state index contributed by atoms with van der Waals surface area (Å²) in [6.07, 6.45) is 0.674. The molecule has 0 saturated carbocycles. The number of ketones is 1.